The molecule has 2 aliphatic rings. The molecule has 0 saturated heterocycles. The summed E-state index contributed by atoms with van der Waals surface area (Å²) in [5, 5.41) is 12.3. The second-order valence-electron chi connectivity index (χ2n) is 6.13. The molecule has 1 fully saturated rings. The molecule has 4 nitrogen and oxygen atoms in total. The number of fused-ring (bicyclic) bond motifs is 2. The molecule has 4 atom stereocenters. The molecule has 0 heterocycles. The lowest BCUT2D eigenvalue weighted by Crippen LogP contribution is -2.36. The Hall–Kier alpha value is -2.10. The zero-order valence-electron chi connectivity index (χ0n) is 12.2. The number of aryl methyl sites for hydroxylation is 2. The van der Waals surface area contributed by atoms with Gasteiger partial charge in [0.1, 0.15) is 0 Å². The highest BCUT2D eigenvalue weighted by atomic mass is 16.4. The summed E-state index contributed by atoms with van der Waals surface area (Å²) in [6.07, 6.45) is 4.72. The summed E-state index contributed by atoms with van der Waals surface area (Å²) in [5.41, 5.74) is 3.01. The topological polar surface area (TPSA) is 66.4 Å². The number of anilines is 1. The predicted molar refractivity (Wildman–Crippen MR) is 79.9 cm³/mol. The molecule has 0 aromatic heterocycles. The van der Waals surface area contributed by atoms with E-state index < -0.39 is 17.8 Å². The molecule has 2 N–H and O–H groups in total. The maximum Gasteiger partial charge on any atom is 0.307 e. The van der Waals surface area contributed by atoms with Gasteiger partial charge in [0, 0.05) is 5.69 Å². The van der Waals surface area contributed by atoms with Gasteiger partial charge >= 0.3 is 5.97 Å². The van der Waals surface area contributed by atoms with E-state index in [1.165, 1.54) is 5.56 Å². The number of allylic oxidation sites excluding steroid dienone is 2. The third-order valence-electron chi connectivity index (χ3n) is 4.82. The number of hydrogen-bond donors (Lipinski definition) is 2. The molecule has 0 aliphatic heterocycles. The minimum atomic E-state index is -0.868. The van der Waals surface area contributed by atoms with Crippen LogP contribution in [-0.2, 0) is 9.59 Å². The van der Waals surface area contributed by atoms with Crippen LogP contribution in [0.1, 0.15) is 17.5 Å². The lowest BCUT2D eigenvalue weighted by atomic mass is 9.82. The average Bonchev–Trinajstić information content (AvgIpc) is 3.03. The third-order valence-corrected chi connectivity index (χ3v) is 4.82. The zero-order chi connectivity index (χ0) is 15.1. The number of amides is 1. The minimum absolute atomic E-state index is 0.00278. The van der Waals surface area contributed by atoms with E-state index >= 15 is 0 Å². The lowest BCUT2D eigenvalue weighted by Gasteiger charge is -2.24. The Bertz CT molecular complexity index is 635. The average molecular weight is 285 g/mol. The summed E-state index contributed by atoms with van der Waals surface area (Å²) in [6.45, 7) is 4.01. The number of hydrogen-bond acceptors (Lipinski definition) is 2. The van der Waals surface area contributed by atoms with Crippen molar-refractivity contribution in [2.45, 2.75) is 20.3 Å². The zero-order valence-corrected chi connectivity index (χ0v) is 12.2. The molecule has 1 aromatic rings. The van der Waals surface area contributed by atoms with Crippen molar-refractivity contribution in [3.05, 3.63) is 41.5 Å². The van der Waals surface area contributed by atoms with Gasteiger partial charge < -0.3 is 10.4 Å². The van der Waals surface area contributed by atoms with Gasteiger partial charge in [-0.2, -0.15) is 0 Å². The van der Waals surface area contributed by atoms with Gasteiger partial charge in [-0.15, -0.1) is 0 Å². The third kappa shape index (κ3) is 2.35. The molecule has 0 unspecified atom stereocenters. The number of rotatable bonds is 3. The summed E-state index contributed by atoms with van der Waals surface area (Å²) in [4.78, 5) is 24.0. The fourth-order valence-corrected chi connectivity index (χ4v) is 3.56. The number of carboxylic acid groups (broad SMARTS) is 1. The first-order valence-electron chi connectivity index (χ1n) is 7.26. The highest BCUT2D eigenvalue weighted by Gasteiger charge is 2.51. The maximum atomic E-state index is 12.5. The van der Waals surface area contributed by atoms with Gasteiger partial charge in [0.2, 0.25) is 5.91 Å². The van der Waals surface area contributed by atoms with Crippen LogP contribution in [0.3, 0.4) is 0 Å². The van der Waals surface area contributed by atoms with Crippen LogP contribution >= 0.6 is 0 Å². The van der Waals surface area contributed by atoms with E-state index in [0.29, 0.717) is 0 Å². The quantitative estimate of drug-likeness (QED) is 0.839. The Morgan fingerprint density at radius 2 is 1.76 bits per heavy atom. The fourth-order valence-electron chi connectivity index (χ4n) is 3.56. The van der Waals surface area contributed by atoms with E-state index in [4.69, 9.17) is 0 Å². The molecule has 21 heavy (non-hydrogen) atoms. The Kier molecular flexibility index (Phi) is 3.32. The van der Waals surface area contributed by atoms with E-state index in [0.717, 1.165) is 17.7 Å². The highest BCUT2D eigenvalue weighted by molar-refractivity contribution is 5.96. The van der Waals surface area contributed by atoms with Crippen molar-refractivity contribution in [3.63, 3.8) is 0 Å². The Morgan fingerprint density at radius 3 is 2.38 bits per heavy atom. The summed E-state index contributed by atoms with van der Waals surface area (Å²) >= 11 is 0. The van der Waals surface area contributed by atoms with E-state index in [-0.39, 0.29) is 17.7 Å². The van der Waals surface area contributed by atoms with Crippen LogP contribution in [0, 0.1) is 37.5 Å². The second kappa shape index (κ2) is 5.02. The van der Waals surface area contributed by atoms with Gasteiger partial charge in [-0.05, 0) is 55.4 Å². The van der Waals surface area contributed by atoms with Crippen LogP contribution in [0.5, 0.6) is 0 Å². The van der Waals surface area contributed by atoms with Gasteiger partial charge in [0.15, 0.2) is 0 Å². The largest absolute Gasteiger partial charge is 0.481 e. The normalized spacial score (nSPS) is 29.6. The number of carbonyl (C=O) groups is 2. The summed E-state index contributed by atoms with van der Waals surface area (Å²) in [6, 6.07) is 5.74. The van der Waals surface area contributed by atoms with Crippen molar-refractivity contribution in [1.82, 2.24) is 0 Å². The molecule has 2 bridgehead atoms. The molecule has 3 rings (SSSR count). The van der Waals surface area contributed by atoms with Crippen LogP contribution < -0.4 is 5.32 Å². The van der Waals surface area contributed by atoms with Crippen molar-refractivity contribution >= 4 is 17.6 Å². The number of aliphatic carboxylic acids is 1. The number of nitrogens with one attached hydrogen (secondary N) is 1. The van der Waals surface area contributed by atoms with Gasteiger partial charge in [0.25, 0.3) is 0 Å². The molecule has 0 spiro atoms. The highest BCUT2D eigenvalue weighted by Crippen LogP contribution is 2.48. The van der Waals surface area contributed by atoms with Crippen LogP contribution in [0.2, 0.25) is 0 Å². The SMILES string of the molecule is Cc1ccc(NC(=O)[C@@H]2[C@H](C(=O)O)[C@H]3C=C[C@H]2C3)cc1C. The van der Waals surface area contributed by atoms with E-state index in [1.807, 2.05) is 44.2 Å². The molecular weight excluding hydrogens is 266 g/mol. The van der Waals surface area contributed by atoms with Gasteiger partial charge in [0.05, 0.1) is 11.8 Å². The van der Waals surface area contributed by atoms with Crippen molar-refractivity contribution in [2.75, 3.05) is 5.32 Å². The van der Waals surface area contributed by atoms with Gasteiger partial charge in [-0.3, -0.25) is 9.59 Å². The number of carboxylic acids is 1. The Morgan fingerprint density at radius 1 is 1.10 bits per heavy atom. The smallest absolute Gasteiger partial charge is 0.307 e. The van der Waals surface area contributed by atoms with E-state index in [1.54, 1.807) is 0 Å². The summed E-state index contributed by atoms with van der Waals surface area (Å²) in [7, 11) is 0. The van der Waals surface area contributed by atoms with Crippen molar-refractivity contribution in [2.24, 2.45) is 23.7 Å². The van der Waals surface area contributed by atoms with E-state index in [2.05, 4.69) is 5.32 Å². The Labute approximate surface area is 123 Å². The molecule has 1 saturated carbocycles. The van der Waals surface area contributed by atoms with Crippen LogP contribution in [0.15, 0.2) is 30.4 Å². The molecule has 2 aliphatic carbocycles. The van der Waals surface area contributed by atoms with Gasteiger partial charge in [-0.1, -0.05) is 18.2 Å². The van der Waals surface area contributed by atoms with Crippen LogP contribution in [-0.4, -0.2) is 17.0 Å². The first-order chi connectivity index (χ1) is 9.97. The van der Waals surface area contributed by atoms with E-state index in [9.17, 15) is 14.7 Å². The van der Waals surface area contributed by atoms with Crippen molar-refractivity contribution in [3.8, 4) is 0 Å². The van der Waals surface area contributed by atoms with Gasteiger partial charge in [-0.25, -0.2) is 0 Å². The monoisotopic (exact) mass is 285 g/mol. The fraction of sp³-hybridized carbons (Fsp3) is 0.412. The first-order valence-corrected chi connectivity index (χ1v) is 7.26. The Balaban J connectivity index is 1.80. The number of carbonyl (C=O) groups excluding carboxylic acids is 1. The molecular formula is C17H19NO3. The molecule has 4 heteroatoms. The summed E-state index contributed by atoms with van der Waals surface area (Å²) < 4.78 is 0. The first kappa shape index (κ1) is 13.9. The molecule has 0 radical (unpaired) electrons. The lowest BCUT2D eigenvalue weighted by molar-refractivity contribution is -0.146. The standard InChI is InChI=1S/C17H19NO3/c1-9-3-6-13(7-10(9)2)18-16(19)14-11-4-5-12(8-11)15(14)17(20)21/h3-7,11-12,14-15H,8H2,1-2H3,(H,18,19)(H,20,21)/t11-,12-,14-,15+/m0/s1. The predicted octanol–water partition coefficient (Wildman–Crippen LogP) is 2.76. The minimum Gasteiger partial charge on any atom is -0.481 e. The van der Waals surface area contributed by atoms with Crippen molar-refractivity contribution in [1.29, 1.82) is 0 Å². The molecule has 1 amide bonds. The number of benzene rings is 1. The van der Waals surface area contributed by atoms with Crippen LogP contribution in [0.25, 0.3) is 0 Å². The van der Waals surface area contributed by atoms with Crippen LogP contribution in [0.4, 0.5) is 5.69 Å². The summed E-state index contributed by atoms with van der Waals surface area (Å²) in [5.74, 6) is -2.04. The molecule has 1 aromatic carbocycles. The second-order valence-corrected chi connectivity index (χ2v) is 6.13. The maximum absolute atomic E-state index is 12.5. The van der Waals surface area contributed by atoms with Crippen molar-refractivity contribution < 1.29 is 14.7 Å². The molecule has 110 valence electrons.